The number of hydrogen-bond donors (Lipinski definition) is 3. The number of Topliss-reactive ketones (excluding diaryl/α,β-unsaturated/α-hetero) is 1. The van der Waals surface area contributed by atoms with Gasteiger partial charge in [-0.1, -0.05) is 6.07 Å². The van der Waals surface area contributed by atoms with Crippen molar-refractivity contribution in [1.29, 1.82) is 0 Å². The highest BCUT2D eigenvalue weighted by Crippen LogP contribution is 2.32. The molecule has 1 aromatic heterocycles. The van der Waals surface area contributed by atoms with Gasteiger partial charge in [0.25, 0.3) is 0 Å². The molecule has 142 valence electrons. The van der Waals surface area contributed by atoms with Crippen LogP contribution in [0.3, 0.4) is 0 Å². The Balaban J connectivity index is 1.32. The Morgan fingerprint density at radius 2 is 2.15 bits per heavy atom. The van der Waals surface area contributed by atoms with Gasteiger partial charge in [-0.05, 0) is 49.8 Å². The van der Waals surface area contributed by atoms with Gasteiger partial charge in [-0.2, -0.15) is 0 Å². The van der Waals surface area contributed by atoms with E-state index in [4.69, 9.17) is 4.74 Å². The molecule has 27 heavy (non-hydrogen) atoms. The number of ketones is 1. The minimum atomic E-state index is 0.00886. The summed E-state index contributed by atoms with van der Waals surface area (Å²) in [6.07, 6.45) is 5.34. The average Bonchev–Trinajstić information content (AvgIpc) is 3.07. The minimum Gasteiger partial charge on any atom is -0.375 e. The van der Waals surface area contributed by atoms with E-state index >= 15 is 0 Å². The number of anilines is 1. The first-order valence-electron chi connectivity index (χ1n) is 10.0. The molecule has 1 saturated carbocycles. The molecule has 0 radical (unpaired) electrons. The van der Waals surface area contributed by atoms with E-state index in [1.807, 2.05) is 18.2 Å². The summed E-state index contributed by atoms with van der Waals surface area (Å²) in [5.74, 6) is 0.277. The van der Waals surface area contributed by atoms with E-state index in [0.29, 0.717) is 6.42 Å². The van der Waals surface area contributed by atoms with Crippen LogP contribution >= 0.6 is 0 Å². The van der Waals surface area contributed by atoms with E-state index in [2.05, 4.69) is 15.6 Å². The fourth-order valence-electron chi connectivity index (χ4n) is 4.88. The van der Waals surface area contributed by atoms with Crippen molar-refractivity contribution in [2.75, 3.05) is 18.5 Å². The van der Waals surface area contributed by atoms with E-state index < -0.39 is 0 Å². The number of morpholine rings is 1. The molecule has 1 saturated heterocycles. The number of carbonyl (C=O) groups excluding carboxylic acids is 2. The van der Waals surface area contributed by atoms with Gasteiger partial charge in [0.05, 0.1) is 18.4 Å². The van der Waals surface area contributed by atoms with E-state index in [1.54, 1.807) is 0 Å². The fourth-order valence-corrected chi connectivity index (χ4v) is 4.88. The van der Waals surface area contributed by atoms with Crippen molar-refractivity contribution in [3.8, 4) is 0 Å². The summed E-state index contributed by atoms with van der Waals surface area (Å²) in [7, 11) is 0. The average molecular weight is 367 g/mol. The van der Waals surface area contributed by atoms with Gasteiger partial charge in [0, 0.05) is 41.5 Å². The van der Waals surface area contributed by atoms with Crippen LogP contribution in [0.25, 0.3) is 10.9 Å². The Morgan fingerprint density at radius 1 is 1.22 bits per heavy atom. The van der Waals surface area contributed by atoms with Gasteiger partial charge in [-0.15, -0.1) is 0 Å². The van der Waals surface area contributed by atoms with Gasteiger partial charge < -0.3 is 20.4 Å². The normalized spacial score (nSPS) is 27.9. The number of aromatic amines is 1. The molecule has 6 nitrogen and oxygen atoms in total. The predicted octanol–water partition coefficient (Wildman–Crippen LogP) is 2.78. The van der Waals surface area contributed by atoms with Crippen molar-refractivity contribution >= 4 is 28.3 Å². The van der Waals surface area contributed by atoms with Crippen LogP contribution in [-0.2, 0) is 16.0 Å². The Bertz CT molecular complexity index is 903. The van der Waals surface area contributed by atoms with Gasteiger partial charge in [0.15, 0.2) is 5.78 Å². The Hall–Kier alpha value is -2.18. The topological polar surface area (TPSA) is 83.2 Å². The first-order chi connectivity index (χ1) is 13.2. The number of nitrogens with one attached hydrogen (secondary N) is 3. The first-order valence-corrected chi connectivity index (χ1v) is 10.0. The molecule has 2 aliphatic carbocycles. The molecule has 2 aromatic rings. The van der Waals surface area contributed by atoms with Crippen molar-refractivity contribution in [3.63, 3.8) is 0 Å². The third-order valence-corrected chi connectivity index (χ3v) is 6.28. The van der Waals surface area contributed by atoms with Gasteiger partial charge in [-0.3, -0.25) is 9.59 Å². The van der Waals surface area contributed by atoms with Gasteiger partial charge in [0.1, 0.15) is 0 Å². The summed E-state index contributed by atoms with van der Waals surface area (Å²) >= 11 is 0. The maximum atomic E-state index is 12.8. The molecule has 0 spiro atoms. The number of aromatic nitrogens is 1. The lowest BCUT2D eigenvalue weighted by Crippen LogP contribution is -2.52. The van der Waals surface area contributed by atoms with Crippen LogP contribution in [0.2, 0.25) is 0 Å². The summed E-state index contributed by atoms with van der Waals surface area (Å²) in [4.78, 5) is 28.2. The predicted molar refractivity (Wildman–Crippen MR) is 103 cm³/mol. The third kappa shape index (κ3) is 3.07. The largest absolute Gasteiger partial charge is 0.375 e. The number of carbonyl (C=O) groups is 2. The van der Waals surface area contributed by atoms with E-state index in [0.717, 1.165) is 73.1 Å². The molecular formula is C21H25N3O3. The SMILES string of the molecule is O=C1CCCc2c1[nH]c1cc(NC(=O)[C@H]3CC[C@H]4OCCN[C@@H]4C3)ccc21. The summed E-state index contributed by atoms with van der Waals surface area (Å²) in [5, 5.41) is 7.66. The highest BCUT2D eigenvalue weighted by Gasteiger charge is 2.35. The Morgan fingerprint density at radius 3 is 3.07 bits per heavy atom. The second-order valence-corrected chi connectivity index (χ2v) is 7.98. The lowest BCUT2D eigenvalue weighted by molar-refractivity contribution is -0.123. The maximum Gasteiger partial charge on any atom is 0.227 e. The molecule has 3 atom stereocenters. The quantitative estimate of drug-likeness (QED) is 0.762. The van der Waals surface area contributed by atoms with E-state index in [1.165, 1.54) is 0 Å². The molecule has 6 heteroatoms. The smallest absolute Gasteiger partial charge is 0.227 e. The minimum absolute atomic E-state index is 0.00886. The van der Waals surface area contributed by atoms with Gasteiger partial charge >= 0.3 is 0 Å². The molecule has 2 heterocycles. The summed E-state index contributed by atoms with van der Waals surface area (Å²) in [6.45, 7) is 1.63. The molecule has 2 fully saturated rings. The molecular weight excluding hydrogens is 342 g/mol. The van der Waals surface area contributed by atoms with Crippen molar-refractivity contribution in [1.82, 2.24) is 10.3 Å². The lowest BCUT2D eigenvalue weighted by atomic mass is 9.82. The fraction of sp³-hybridized carbons (Fsp3) is 0.524. The van der Waals surface area contributed by atoms with Crippen molar-refractivity contribution in [3.05, 3.63) is 29.5 Å². The summed E-state index contributed by atoms with van der Waals surface area (Å²) in [6, 6.07) is 6.20. The molecule has 3 aliphatic rings. The van der Waals surface area contributed by atoms with Crippen LogP contribution < -0.4 is 10.6 Å². The van der Waals surface area contributed by atoms with E-state index in [9.17, 15) is 9.59 Å². The molecule has 0 bridgehead atoms. The highest BCUT2D eigenvalue weighted by atomic mass is 16.5. The number of hydrogen-bond acceptors (Lipinski definition) is 4. The van der Waals surface area contributed by atoms with Gasteiger partial charge in [0.2, 0.25) is 5.91 Å². The van der Waals surface area contributed by atoms with Crippen LogP contribution in [0, 0.1) is 5.92 Å². The maximum absolute atomic E-state index is 12.8. The Kier molecular flexibility index (Phi) is 4.25. The molecule has 5 rings (SSSR count). The van der Waals surface area contributed by atoms with Crippen molar-refractivity contribution in [2.45, 2.75) is 50.7 Å². The third-order valence-electron chi connectivity index (χ3n) is 6.28. The second kappa shape index (κ2) is 6.77. The van der Waals surface area contributed by atoms with Crippen molar-refractivity contribution < 1.29 is 14.3 Å². The standard InChI is InChI=1S/C21H25N3O3/c25-18-3-1-2-15-14-6-5-13(11-16(14)24-20(15)18)23-21(26)12-4-7-19-17(10-12)22-8-9-27-19/h5-6,11-12,17,19,22,24H,1-4,7-10H2,(H,23,26)/t12-,17+,19+/m0/s1. The lowest BCUT2D eigenvalue weighted by Gasteiger charge is -2.39. The molecule has 1 aromatic carbocycles. The Labute approximate surface area is 158 Å². The number of aryl methyl sites for hydroxylation is 1. The van der Waals surface area contributed by atoms with Crippen molar-refractivity contribution in [2.24, 2.45) is 5.92 Å². The van der Waals surface area contributed by atoms with Crippen LogP contribution in [0.5, 0.6) is 0 Å². The number of benzene rings is 1. The van der Waals surface area contributed by atoms with Crippen LogP contribution in [0.4, 0.5) is 5.69 Å². The highest BCUT2D eigenvalue weighted by molar-refractivity contribution is 6.04. The molecule has 1 aliphatic heterocycles. The van der Waals surface area contributed by atoms with E-state index in [-0.39, 0.29) is 29.8 Å². The zero-order valence-electron chi connectivity index (χ0n) is 15.3. The number of rotatable bonds is 2. The number of ether oxygens (including phenoxy) is 1. The molecule has 1 amide bonds. The summed E-state index contributed by atoms with van der Waals surface area (Å²) < 4.78 is 5.80. The van der Waals surface area contributed by atoms with Gasteiger partial charge in [-0.25, -0.2) is 0 Å². The second-order valence-electron chi connectivity index (χ2n) is 7.98. The number of amides is 1. The zero-order chi connectivity index (χ0) is 18.4. The molecule has 3 N–H and O–H groups in total. The molecule has 0 unspecified atom stereocenters. The zero-order valence-corrected chi connectivity index (χ0v) is 15.3. The summed E-state index contributed by atoms with van der Waals surface area (Å²) in [5.41, 5.74) is 3.59. The van der Waals surface area contributed by atoms with Crippen LogP contribution in [-0.4, -0.2) is 42.0 Å². The van der Waals surface area contributed by atoms with Crippen LogP contribution in [0.1, 0.15) is 48.2 Å². The first kappa shape index (κ1) is 17.0. The number of H-pyrrole nitrogens is 1. The van der Waals surface area contributed by atoms with Crippen LogP contribution in [0.15, 0.2) is 18.2 Å². The number of fused-ring (bicyclic) bond motifs is 4. The monoisotopic (exact) mass is 367 g/mol.